The van der Waals surface area contributed by atoms with E-state index in [1.807, 2.05) is 12.1 Å². The minimum Gasteiger partial charge on any atom is -0.454 e. The van der Waals surface area contributed by atoms with Gasteiger partial charge in [-0.15, -0.1) is 0 Å². The van der Waals surface area contributed by atoms with E-state index < -0.39 is 0 Å². The number of aryl methyl sites for hydroxylation is 1. The van der Waals surface area contributed by atoms with Gasteiger partial charge in [-0.1, -0.05) is 13.8 Å². The van der Waals surface area contributed by atoms with Crippen LogP contribution in [0.2, 0.25) is 0 Å². The first kappa shape index (κ1) is 12.8. The van der Waals surface area contributed by atoms with Crippen LogP contribution in [0.3, 0.4) is 0 Å². The molecular weight excluding hydrogens is 254 g/mol. The van der Waals surface area contributed by atoms with Crippen LogP contribution in [0.5, 0.6) is 11.5 Å². The van der Waals surface area contributed by atoms with Crippen molar-refractivity contribution >= 4 is 11.0 Å². The number of hydrogen-bond donors (Lipinski definition) is 0. The second-order valence-electron chi connectivity index (χ2n) is 5.23. The lowest BCUT2D eigenvalue weighted by atomic mass is 10.2. The molecule has 0 unspecified atom stereocenters. The largest absolute Gasteiger partial charge is 0.454 e. The van der Waals surface area contributed by atoms with Crippen molar-refractivity contribution in [3.63, 3.8) is 0 Å². The van der Waals surface area contributed by atoms with Crippen molar-refractivity contribution in [3.8, 4) is 17.6 Å². The summed E-state index contributed by atoms with van der Waals surface area (Å²) >= 11 is 0. The van der Waals surface area contributed by atoms with Crippen molar-refractivity contribution in [2.45, 2.75) is 39.2 Å². The van der Waals surface area contributed by atoms with Gasteiger partial charge in [0.2, 0.25) is 6.79 Å². The zero-order valence-electron chi connectivity index (χ0n) is 11.7. The standard InChI is InChI=1S/C15H17N3O2/c1-10(2)15-17-11-7-13-14(20-9-19-13)8-12(11)18(15)6-4-3-5-16/h7-8,10H,3-4,6,9H2,1-2H3. The molecule has 5 nitrogen and oxygen atoms in total. The number of nitriles is 1. The molecule has 0 atom stereocenters. The number of benzene rings is 1. The van der Waals surface area contributed by atoms with Gasteiger partial charge in [-0.05, 0) is 6.42 Å². The lowest BCUT2D eigenvalue weighted by Crippen LogP contribution is -2.05. The minimum absolute atomic E-state index is 0.271. The number of nitrogens with zero attached hydrogens (tertiary/aromatic N) is 3. The molecule has 20 heavy (non-hydrogen) atoms. The summed E-state index contributed by atoms with van der Waals surface area (Å²) in [6, 6.07) is 6.11. The molecule has 0 radical (unpaired) electrons. The van der Waals surface area contributed by atoms with E-state index in [0.29, 0.717) is 12.3 Å². The fourth-order valence-electron chi connectivity index (χ4n) is 2.53. The summed E-state index contributed by atoms with van der Waals surface area (Å²) < 4.78 is 13.0. The molecule has 2 aromatic rings. The average molecular weight is 271 g/mol. The van der Waals surface area contributed by atoms with Gasteiger partial charge in [-0.25, -0.2) is 4.98 Å². The molecule has 1 aromatic carbocycles. The Bertz CT molecular complexity index is 682. The number of aromatic nitrogens is 2. The molecule has 0 bridgehead atoms. The molecule has 0 fully saturated rings. The number of ether oxygens (including phenoxy) is 2. The second-order valence-corrected chi connectivity index (χ2v) is 5.23. The van der Waals surface area contributed by atoms with E-state index in [1.54, 1.807) is 0 Å². The second kappa shape index (κ2) is 5.04. The van der Waals surface area contributed by atoms with Gasteiger partial charge in [0.05, 0.1) is 17.1 Å². The SMILES string of the molecule is CC(C)c1nc2cc3c(cc2n1CCCC#N)OCO3. The van der Waals surface area contributed by atoms with Crippen molar-refractivity contribution < 1.29 is 9.47 Å². The molecule has 1 aliphatic heterocycles. The van der Waals surface area contributed by atoms with Crippen molar-refractivity contribution in [3.05, 3.63) is 18.0 Å². The van der Waals surface area contributed by atoms with E-state index in [4.69, 9.17) is 19.7 Å². The molecule has 0 saturated heterocycles. The van der Waals surface area contributed by atoms with Crippen molar-refractivity contribution in [1.82, 2.24) is 9.55 Å². The predicted molar refractivity (Wildman–Crippen MR) is 74.8 cm³/mol. The quantitative estimate of drug-likeness (QED) is 0.801. The molecule has 1 aromatic heterocycles. The zero-order chi connectivity index (χ0) is 14.1. The van der Waals surface area contributed by atoms with Crippen LogP contribution >= 0.6 is 0 Å². The summed E-state index contributed by atoms with van der Waals surface area (Å²) in [7, 11) is 0. The van der Waals surface area contributed by atoms with Crippen molar-refractivity contribution in [2.24, 2.45) is 0 Å². The first-order valence-corrected chi connectivity index (χ1v) is 6.87. The topological polar surface area (TPSA) is 60.1 Å². The van der Waals surface area contributed by atoms with Crippen molar-refractivity contribution in [2.75, 3.05) is 6.79 Å². The van der Waals surface area contributed by atoms with Gasteiger partial charge >= 0.3 is 0 Å². The van der Waals surface area contributed by atoms with Crippen molar-refractivity contribution in [1.29, 1.82) is 5.26 Å². The van der Waals surface area contributed by atoms with Gasteiger partial charge in [0.25, 0.3) is 0 Å². The lowest BCUT2D eigenvalue weighted by Gasteiger charge is -2.10. The van der Waals surface area contributed by atoms with Gasteiger partial charge in [-0.3, -0.25) is 0 Å². The molecular formula is C15H17N3O2. The number of unbranched alkanes of at least 4 members (excludes halogenated alkanes) is 1. The summed E-state index contributed by atoms with van der Waals surface area (Å²) in [6.45, 7) is 5.33. The monoisotopic (exact) mass is 271 g/mol. The number of hydrogen-bond acceptors (Lipinski definition) is 4. The Kier molecular flexibility index (Phi) is 3.23. The smallest absolute Gasteiger partial charge is 0.231 e. The molecule has 1 aliphatic rings. The molecule has 0 aliphatic carbocycles. The third-order valence-electron chi connectivity index (χ3n) is 3.46. The molecule has 3 rings (SSSR count). The fraction of sp³-hybridized carbons (Fsp3) is 0.467. The first-order valence-electron chi connectivity index (χ1n) is 6.87. The van der Waals surface area contributed by atoms with Crippen LogP contribution in [-0.4, -0.2) is 16.3 Å². The van der Waals surface area contributed by atoms with E-state index in [1.165, 1.54) is 0 Å². The third-order valence-corrected chi connectivity index (χ3v) is 3.46. The summed E-state index contributed by atoms with van der Waals surface area (Å²) in [4.78, 5) is 4.71. The summed E-state index contributed by atoms with van der Waals surface area (Å²) in [5, 5.41) is 8.70. The average Bonchev–Trinajstić information content (AvgIpc) is 3.00. The highest BCUT2D eigenvalue weighted by molar-refractivity contribution is 5.81. The van der Waals surface area contributed by atoms with Gasteiger partial charge in [-0.2, -0.15) is 5.26 Å². The Hall–Kier alpha value is -2.22. The summed E-state index contributed by atoms with van der Waals surface area (Å²) in [5.74, 6) is 2.91. The number of rotatable bonds is 4. The summed E-state index contributed by atoms with van der Waals surface area (Å²) in [5.41, 5.74) is 1.98. The van der Waals surface area contributed by atoms with Crippen LogP contribution in [0, 0.1) is 11.3 Å². The van der Waals surface area contributed by atoms with Crippen LogP contribution in [0.15, 0.2) is 12.1 Å². The van der Waals surface area contributed by atoms with Crippen LogP contribution < -0.4 is 9.47 Å². The van der Waals surface area contributed by atoms with Gasteiger partial charge < -0.3 is 14.0 Å². The van der Waals surface area contributed by atoms with Gasteiger partial charge in [0, 0.05) is 31.0 Å². The van der Waals surface area contributed by atoms with Crippen LogP contribution in [0.4, 0.5) is 0 Å². The molecule has 0 amide bonds. The molecule has 0 saturated carbocycles. The maximum Gasteiger partial charge on any atom is 0.231 e. The first-order chi connectivity index (χ1) is 9.70. The Morgan fingerprint density at radius 2 is 2.10 bits per heavy atom. The van der Waals surface area contributed by atoms with Crippen LogP contribution in [-0.2, 0) is 6.54 Å². The maximum atomic E-state index is 8.70. The van der Waals surface area contributed by atoms with Crippen LogP contribution in [0.1, 0.15) is 38.4 Å². The highest BCUT2D eigenvalue weighted by Crippen LogP contribution is 2.37. The summed E-state index contributed by atoms with van der Waals surface area (Å²) in [6.07, 6.45) is 1.39. The molecule has 104 valence electrons. The molecule has 2 heterocycles. The number of fused-ring (bicyclic) bond motifs is 2. The fourth-order valence-corrected chi connectivity index (χ4v) is 2.53. The maximum absolute atomic E-state index is 8.70. The highest BCUT2D eigenvalue weighted by atomic mass is 16.7. The van der Waals surface area contributed by atoms with E-state index in [2.05, 4.69) is 24.5 Å². The Morgan fingerprint density at radius 3 is 2.80 bits per heavy atom. The molecule has 0 spiro atoms. The minimum atomic E-state index is 0.271. The van der Waals surface area contributed by atoms with Crippen LogP contribution in [0.25, 0.3) is 11.0 Å². The van der Waals surface area contributed by atoms with E-state index >= 15 is 0 Å². The third kappa shape index (κ3) is 2.07. The Balaban J connectivity index is 2.08. The van der Waals surface area contributed by atoms with E-state index in [-0.39, 0.29) is 6.79 Å². The van der Waals surface area contributed by atoms with E-state index in [9.17, 15) is 0 Å². The number of imidazole rings is 1. The molecule has 0 N–H and O–H groups in total. The lowest BCUT2D eigenvalue weighted by molar-refractivity contribution is 0.174. The highest BCUT2D eigenvalue weighted by Gasteiger charge is 2.20. The normalized spacial score (nSPS) is 13.1. The molecule has 5 heteroatoms. The Morgan fingerprint density at radius 1 is 1.35 bits per heavy atom. The van der Waals surface area contributed by atoms with Gasteiger partial charge in [0.1, 0.15) is 5.82 Å². The van der Waals surface area contributed by atoms with Gasteiger partial charge in [0.15, 0.2) is 11.5 Å². The van der Waals surface area contributed by atoms with E-state index in [0.717, 1.165) is 41.3 Å². The predicted octanol–water partition coefficient (Wildman–Crippen LogP) is 3.19. The Labute approximate surface area is 117 Å². The zero-order valence-corrected chi connectivity index (χ0v) is 11.7.